The van der Waals surface area contributed by atoms with Gasteiger partial charge in [0.25, 0.3) is 0 Å². The van der Waals surface area contributed by atoms with E-state index in [2.05, 4.69) is 12.2 Å². The van der Waals surface area contributed by atoms with Crippen molar-refractivity contribution in [2.75, 3.05) is 19.6 Å². The highest BCUT2D eigenvalue weighted by Crippen LogP contribution is 2.24. The first-order valence-electron chi connectivity index (χ1n) is 6.77. The number of nitrogens with zero attached hydrogens (tertiary/aromatic N) is 1. The summed E-state index contributed by atoms with van der Waals surface area (Å²) < 4.78 is 0. The molecule has 0 aromatic rings. The van der Waals surface area contributed by atoms with E-state index in [1.165, 1.54) is 38.5 Å². The molecule has 92 valence electrons. The van der Waals surface area contributed by atoms with Crippen LogP contribution in [-0.2, 0) is 4.79 Å². The molecular weight excluding hydrogens is 200 g/mol. The van der Waals surface area contributed by atoms with E-state index in [1.807, 2.05) is 4.90 Å². The number of carbonyl (C=O) groups is 1. The Morgan fingerprint density at radius 3 is 2.62 bits per heavy atom. The van der Waals surface area contributed by atoms with Crippen molar-refractivity contribution in [2.24, 2.45) is 5.92 Å². The summed E-state index contributed by atoms with van der Waals surface area (Å²) in [5, 5.41) is 3.42. The third-order valence-corrected chi connectivity index (χ3v) is 3.95. The highest BCUT2D eigenvalue weighted by atomic mass is 16.2. The number of rotatable bonds is 3. The number of carbonyl (C=O) groups excluding carboxylic acids is 1. The van der Waals surface area contributed by atoms with Gasteiger partial charge in [0.2, 0.25) is 5.91 Å². The molecule has 1 saturated carbocycles. The predicted octanol–water partition coefficient (Wildman–Crippen LogP) is 1.78. The van der Waals surface area contributed by atoms with Crippen molar-refractivity contribution in [3.05, 3.63) is 0 Å². The Morgan fingerprint density at radius 2 is 2.00 bits per heavy atom. The van der Waals surface area contributed by atoms with Crippen molar-refractivity contribution in [1.29, 1.82) is 0 Å². The van der Waals surface area contributed by atoms with Gasteiger partial charge in [-0.1, -0.05) is 6.92 Å². The summed E-state index contributed by atoms with van der Waals surface area (Å²) in [5.41, 5.74) is 0. The number of amides is 1. The van der Waals surface area contributed by atoms with Crippen LogP contribution in [0.4, 0.5) is 0 Å². The molecule has 0 radical (unpaired) electrons. The Morgan fingerprint density at radius 1 is 1.25 bits per heavy atom. The Hall–Kier alpha value is -0.570. The predicted molar refractivity (Wildman–Crippen MR) is 65.2 cm³/mol. The lowest BCUT2D eigenvalue weighted by Crippen LogP contribution is -2.43. The zero-order chi connectivity index (χ0) is 11.4. The molecule has 1 aliphatic heterocycles. The first-order valence-corrected chi connectivity index (χ1v) is 6.77. The maximum absolute atomic E-state index is 11.9. The van der Waals surface area contributed by atoms with Gasteiger partial charge in [-0.15, -0.1) is 0 Å². The summed E-state index contributed by atoms with van der Waals surface area (Å²) in [6.07, 6.45) is 7.47. The van der Waals surface area contributed by atoms with E-state index >= 15 is 0 Å². The van der Waals surface area contributed by atoms with Crippen LogP contribution in [0, 0.1) is 5.92 Å². The Kier molecular flexibility index (Phi) is 4.22. The first-order chi connectivity index (χ1) is 7.75. The van der Waals surface area contributed by atoms with Crippen molar-refractivity contribution in [3.8, 4) is 0 Å². The van der Waals surface area contributed by atoms with Gasteiger partial charge in [-0.2, -0.15) is 0 Å². The van der Waals surface area contributed by atoms with Crippen LogP contribution >= 0.6 is 0 Å². The first kappa shape index (κ1) is 11.9. The Bertz CT molecular complexity index is 236. The second-order valence-corrected chi connectivity index (χ2v) is 5.44. The molecule has 0 bridgehead atoms. The van der Waals surface area contributed by atoms with Gasteiger partial charge in [0, 0.05) is 19.1 Å². The molecule has 1 amide bonds. The highest BCUT2D eigenvalue weighted by Gasteiger charge is 2.22. The number of hydrogen-bond donors (Lipinski definition) is 1. The molecule has 2 unspecified atom stereocenters. The van der Waals surface area contributed by atoms with Crippen molar-refractivity contribution < 1.29 is 4.79 Å². The average Bonchev–Trinajstić information content (AvgIpc) is 2.73. The SMILES string of the molecule is CC1CCC(NCC(=O)N2CCCCC2)C1. The van der Waals surface area contributed by atoms with Crippen LogP contribution < -0.4 is 5.32 Å². The summed E-state index contributed by atoms with van der Waals surface area (Å²) in [6.45, 7) is 4.80. The standard InChI is InChI=1S/C13H24N2O/c1-11-5-6-12(9-11)14-10-13(16)15-7-3-2-4-8-15/h11-12,14H,2-10H2,1H3. The molecule has 2 aliphatic rings. The molecule has 2 fully saturated rings. The minimum atomic E-state index is 0.305. The largest absolute Gasteiger partial charge is 0.342 e. The van der Waals surface area contributed by atoms with Crippen molar-refractivity contribution in [3.63, 3.8) is 0 Å². The van der Waals surface area contributed by atoms with E-state index in [0.717, 1.165) is 19.0 Å². The zero-order valence-corrected chi connectivity index (χ0v) is 10.4. The number of piperidine rings is 1. The summed E-state index contributed by atoms with van der Waals surface area (Å²) in [6, 6.07) is 0.587. The van der Waals surface area contributed by atoms with Gasteiger partial charge < -0.3 is 10.2 Å². The lowest BCUT2D eigenvalue weighted by molar-refractivity contribution is -0.131. The molecule has 0 spiro atoms. The van der Waals surface area contributed by atoms with Crippen molar-refractivity contribution >= 4 is 5.91 Å². The topological polar surface area (TPSA) is 32.3 Å². The van der Waals surface area contributed by atoms with Crippen LogP contribution in [0.5, 0.6) is 0 Å². The normalized spacial score (nSPS) is 30.7. The van der Waals surface area contributed by atoms with Crippen LogP contribution in [-0.4, -0.2) is 36.5 Å². The van der Waals surface area contributed by atoms with E-state index in [-0.39, 0.29) is 0 Å². The van der Waals surface area contributed by atoms with Crippen molar-refractivity contribution in [2.45, 2.75) is 51.5 Å². The molecule has 1 N–H and O–H groups in total. The lowest BCUT2D eigenvalue weighted by atomic mass is 10.1. The van der Waals surface area contributed by atoms with Gasteiger partial charge in [0.15, 0.2) is 0 Å². The summed E-state index contributed by atoms with van der Waals surface area (Å²) in [7, 11) is 0. The van der Waals surface area contributed by atoms with Gasteiger partial charge in [-0.3, -0.25) is 4.79 Å². The molecule has 1 heterocycles. The summed E-state index contributed by atoms with van der Waals surface area (Å²) in [4.78, 5) is 13.9. The smallest absolute Gasteiger partial charge is 0.236 e. The third kappa shape index (κ3) is 3.21. The quantitative estimate of drug-likeness (QED) is 0.792. The van der Waals surface area contributed by atoms with Gasteiger partial charge in [0.1, 0.15) is 0 Å². The fraction of sp³-hybridized carbons (Fsp3) is 0.923. The van der Waals surface area contributed by atoms with Crippen LogP contribution in [0.3, 0.4) is 0 Å². The summed E-state index contributed by atoms with van der Waals surface area (Å²) >= 11 is 0. The van der Waals surface area contributed by atoms with Crippen LogP contribution in [0.15, 0.2) is 0 Å². The molecule has 0 aromatic heterocycles. The average molecular weight is 224 g/mol. The van der Waals surface area contributed by atoms with Crippen molar-refractivity contribution in [1.82, 2.24) is 10.2 Å². The van der Waals surface area contributed by atoms with Gasteiger partial charge >= 0.3 is 0 Å². The Balaban J connectivity index is 1.66. The fourth-order valence-corrected chi connectivity index (χ4v) is 2.88. The molecule has 3 heteroatoms. The molecule has 2 atom stereocenters. The molecular formula is C13H24N2O. The van der Waals surface area contributed by atoms with E-state index in [1.54, 1.807) is 0 Å². The molecule has 2 rings (SSSR count). The minimum Gasteiger partial charge on any atom is -0.342 e. The van der Waals surface area contributed by atoms with E-state index in [4.69, 9.17) is 0 Å². The van der Waals surface area contributed by atoms with Gasteiger partial charge in [-0.25, -0.2) is 0 Å². The van der Waals surface area contributed by atoms with Gasteiger partial charge in [-0.05, 0) is 44.4 Å². The van der Waals surface area contributed by atoms with Crippen LogP contribution in [0.25, 0.3) is 0 Å². The van der Waals surface area contributed by atoms with Crippen LogP contribution in [0.2, 0.25) is 0 Å². The summed E-state index contributed by atoms with van der Waals surface area (Å²) in [5.74, 6) is 1.14. The molecule has 1 saturated heterocycles. The lowest BCUT2D eigenvalue weighted by Gasteiger charge is -2.27. The molecule has 0 aromatic carbocycles. The number of nitrogens with one attached hydrogen (secondary N) is 1. The molecule has 16 heavy (non-hydrogen) atoms. The number of hydrogen-bond acceptors (Lipinski definition) is 2. The monoisotopic (exact) mass is 224 g/mol. The Labute approximate surface area is 98.6 Å². The second kappa shape index (κ2) is 5.67. The van der Waals surface area contributed by atoms with E-state index in [9.17, 15) is 4.79 Å². The second-order valence-electron chi connectivity index (χ2n) is 5.44. The molecule has 1 aliphatic carbocycles. The van der Waals surface area contributed by atoms with E-state index in [0.29, 0.717) is 18.5 Å². The third-order valence-electron chi connectivity index (χ3n) is 3.95. The highest BCUT2D eigenvalue weighted by molar-refractivity contribution is 5.78. The maximum atomic E-state index is 11.9. The fourth-order valence-electron chi connectivity index (χ4n) is 2.88. The van der Waals surface area contributed by atoms with E-state index < -0.39 is 0 Å². The van der Waals surface area contributed by atoms with Crippen LogP contribution in [0.1, 0.15) is 45.4 Å². The zero-order valence-electron chi connectivity index (χ0n) is 10.4. The van der Waals surface area contributed by atoms with Gasteiger partial charge in [0.05, 0.1) is 6.54 Å². The minimum absolute atomic E-state index is 0.305. The molecule has 3 nitrogen and oxygen atoms in total. The maximum Gasteiger partial charge on any atom is 0.236 e. The number of likely N-dealkylation sites (tertiary alicyclic amines) is 1.